The van der Waals surface area contributed by atoms with Crippen LogP contribution in [0.1, 0.15) is 13.3 Å². The Morgan fingerprint density at radius 2 is 2.35 bits per heavy atom. The summed E-state index contributed by atoms with van der Waals surface area (Å²) < 4.78 is 13.8. The van der Waals surface area contributed by atoms with Gasteiger partial charge in [-0.05, 0) is 19.4 Å². The first-order valence-corrected chi connectivity index (χ1v) is 6.62. The average molecular weight is 257 g/mol. The molecule has 0 aromatic carbocycles. The van der Waals surface area contributed by atoms with E-state index in [-0.39, 0.29) is 13.2 Å². The zero-order chi connectivity index (χ0) is 12.9. The van der Waals surface area contributed by atoms with E-state index in [0.717, 1.165) is 0 Å². The lowest BCUT2D eigenvalue weighted by Gasteiger charge is -2.20. The van der Waals surface area contributed by atoms with E-state index in [1.54, 1.807) is 28.6 Å². The van der Waals surface area contributed by atoms with Crippen LogP contribution in [0.4, 0.5) is 0 Å². The van der Waals surface area contributed by atoms with Crippen molar-refractivity contribution in [1.82, 2.24) is 4.31 Å². The highest BCUT2D eigenvalue weighted by molar-refractivity contribution is 7.86. The minimum absolute atomic E-state index is 0.232. The summed E-state index contributed by atoms with van der Waals surface area (Å²) in [4.78, 5) is 0.673. The van der Waals surface area contributed by atoms with Gasteiger partial charge in [-0.2, -0.15) is 0 Å². The van der Waals surface area contributed by atoms with Crippen LogP contribution < -0.4 is 0 Å². The van der Waals surface area contributed by atoms with Crippen LogP contribution in [0.15, 0.2) is 35.8 Å². The highest BCUT2D eigenvalue weighted by Gasteiger charge is 2.38. The highest BCUT2D eigenvalue weighted by atomic mass is 32.2. The van der Waals surface area contributed by atoms with E-state index in [9.17, 15) is 9.32 Å². The van der Waals surface area contributed by atoms with Gasteiger partial charge in [0.15, 0.2) is 0 Å². The normalized spacial score (nSPS) is 28.8. The molecular weight excluding hydrogens is 238 g/mol. The lowest BCUT2D eigenvalue weighted by atomic mass is 10.1. The molecule has 1 saturated heterocycles. The molecule has 17 heavy (non-hydrogen) atoms. The van der Waals surface area contributed by atoms with Crippen LogP contribution in [0.2, 0.25) is 0 Å². The van der Waals surface area contributed by atoms with Crippen LogP contribution in [0.25, 0.3) is 0 Å². The number of aliphatic hydroxyl groups is 2. The summed E-state index contributed by atoms with van der Waals surface area (Å²) in [6.45, 7) is 5.83. The second-order valence-corrected chi connectivity index (χ2v) is 5.52. The SMILES string of the molecule is C=C/C=C\C(=C/C)S(=O)N1CCC(O)(CO)C1. The van der Waals surface area contributed by atoms with Crippen LogP contribution in [-0.2, 0) is 11.0 Å². The third-order valence-electron chi connectivity index (χ3n) is 2.71. The Balaban J connectivity index is 2.72. The third kappa shape index (κ3) is 3.61. The minimum atomic E-state index is -1.29. The largest absolute Gasteiger partial charge is 0.393 e. The lowest BCUT2D eigenvalue weighted by molar-refractivity contribution is -0.000467. The fourth-order valence-electron chi connectivity index (χ4n) is 1.66. The van der Waals surface area contributed by atoms with Crippen molar-refractivity contribution < 1.29 is 14.4 Å². The molecule has 0 aliphatic carbocycles. The third-order valence-corrected chi connectivity index (χ3v) is 4.26. The molecule has 4 nitrogen and oxygen atoms in total. The Hall–Kier alpha value is -0.750. The van der Waals surface area contributed by atoms with Gasteiger partial charge in [0.1, 0.15) is 16.6 Å². The van der Waals surface area contributed by atoms with Gasteiger partial charge in [0.25, 0.3) is 0 Å². The van der Waals surface area contributed by atoms with Gasteiger partial charge in [-0.1, -0.05) is 24.8 Å². The molecule has 0 amide bonds. The molecule has 2 unspecified atom stereocenters. The van der Waals surface area contributed by atoms with Crippen LogP contribution in [-0.4, -0.2) is 44.0 Å². The van der Waals surface area contributed by atoms with Gasteiger partial charge in [0.05, 0.1) is 11.5 Å². The Bertz CT molecular complexity index is 365. The lowest BCUT2D eigenvalue weighted by Crippen LogP contribution is -2.37. The van der Waals surface area contributed by atoms with Gasteiger partial charge in [0, 0.05) is 13.1 Å². The Kier molecular flexibility index (Phi) is 5.27. The van der Waals surface area contributed by atoms with Crippen molar-refractivity contribution in [3.8, 4) is 0 Å². The Labute approximate surface area is 105 Å². The number of β-amino-alcohol motifs (C(OH)–C–C–N with tert-alkyl or cyclic N) is 1. The highest BCUT2D eigenvalue weighted by Crippen LogP contribution is 2.24. The maximum atomic E-state index is 12.2. The topological polar surface area (TPSA) is 60.8 Å². The molecule has 0 radical (unpaired) electrons. The Morgan fingerprint density at radius 3 is 2.82 bits per heavy atom. The summed E-state index contributed by atoms with van der Waals surface area (Å²) in [6.07, 6.45) is 7.29. The second-order valence-electron chi connectivity index (χ2n) is 4.03. The van der Waals surface area contributed by atoms with Gasteiger partial charge >= 0.3 is 0 Å². The van der Waals surface area contributed by atoms with Crippen molar-refractivity contribution in [2.24, 2.45) is 0 Å². The summed E-state index contributed by atoms with van der Waals surface area (Å²) in [5.74, 6) is 0. The van der Waals surface area contributed by atoms with Crippen LogP contribution in [0, 0.1) is 0 Å². The minimum Gasteiger partial charge on any atom is -0.393 e. The molecule has 0 saturated carbocycles. The summed E-state index contributed by atoms with van der Waals surface area (Å²) in [6, 6.07) is 0. The summed E-state index contributed by atoms with van der Waals surface area (Å²) in [5.41, 5.74) is -1.11. The van der Waals surface area contributed by atoms with Crippen molar-refractivity contribution in [2.45, 2.75) is 18.9 Å². The number of hydrogen-bond acceptors (Lipinski definition) is 3. The predicted molar refractivity (Wildman–Crippen MR) is 69.5 cm³/mol. The molecule has 96 valence electrons. The molecular formula is C12H19NO3S. The molecule has 2 N–H and O–H groups in total. The first-order valence-electron chi connectivity index (χ1n) is 5.52. The maximum absolute atomic E-state index is 12.2. The Morgan fingerprint density at radius 1 is 1.65 bits per heavy atom. The number of nitrogens with zero attached hydrogens (tertiary/aromatic N) is 1. The first kappa shape index (κ1) is 14.3. The molecule has 5 heteroatoms. The molecule has 1 fully saturated rings. The molecule has 1 aliphatic rings. The number of allylic oxidation sites excluding steroid dienone is 4. The van der Waals surface area contributed by atoms with E-state index in [1.807, 2.05) is 6.92 Å². The van der Waals surface area contributed by atoms with Gasteiger partial charge in [-0.15, -0.1) is 0 Å². The van der Waals surface area contributed by atoms with Gasteiger partial charge in [0.2, 0.25) is 0 Å². The number of aliphatic hydroxyl groups excluding tert-OH is 1. The average Bonchev–Trinajstić information content (AvgIpc) is 2.73. The van der Waals surface area contributed by atoms with Crippen molar-refractivity contribution in [3.05, 3.63) is 35.8 Å². The number of hydrogen-bond donors (Lipinski definition) is 2. The zero-order valence-corrected chi connectivity index (χ0v) is 10.8. The predicted octanol–water partition coefficient (Wildman–Crippen LogP) is 0.725. The van der Waals surface area contributed by atoms with E-state index in [0.29, 0.717) is 17.9 Å². The molecule has 1 rings (SSSR count). The molecule has 1 heterocycles. The van der Waals surface area contributed by atoms with E-state index < -0.39 is 16.6 Å². The van der Waals surface area contributed by atoms with Crippen molar-refractivity contribution in [2.75, 3.05) is 19.7 Å². The quantitative estimate of drug-likeness (QED) is 0.714. The first-order chi connectivity index (χ1) is 8.06. The van der Waals surface area contributed by atoms with Gasteiger partial charge in [-0.25, -0.2) is 8.51 Å². The van der Waals surface area contributed by atoms with Gasteiger partial charge < -0.3 is 10.2 Å². The molecule has 0 aromatic rings. The summed E-state index contributed by atoms with van der Waals surface area (Å²) >= 11 is 0. The molecule has 1 aliphatic heterocycles. The summed E-state index contributed by atoms with van der Waals surface area (Å²) in [5, 5.41) is 18.9. The van der Waals surface area contributed by atoms with Gasteiger partial charge in [-0.3, -0.25) is 0 Å². The summed E-state index contributed by atoms with van der Waals surface area (Å²) in [7, 11) is -1.29. The van der Waals surface area contributed by atoms with Crippen molar-refractivity contribution >= 4 is 11.0 Å². The van der Waals surface area contributed by atoms with Crippen LogP contribution in [0.3, 0.4) is 0 Å². The smallest absolute Gasteiger partial charge is 0.127 e. The van der Waals surface area contributed by atoms with Crippen molar-refractivity contribution in [3.63, 3.8) is 0 Å². The monoisotopic (exact) mass is 257 g/mol. The second kappa shape index (κ2) is 6.26. The van der Waals surface area contributed by atoms with E-state index in [4.69, 9.17) is 5.11 Å². The molecule has 2 atom stereocenters. The molecule has 0 aromatic heterocycles. The van der Waals surface area contributed by atoms with E-state index in [2.05, 4.69) is 6.58 Å². The fraction of sp³-hybridized carbons (Fsp3) is 0.500. The maximum Gasteiger partial charge on any atom is 0.127 e. The molecule has 0 bridgehead atoms. The fourth-order valence-corrected chi connectivity index (χ4v) is 2.97. The van der Waals surface area contributed by atoms with E-state index >= 15 is 0 Å². The van der Waals surface area contributed by atoms with Crippen LogP contribution in [0.5, 0.6) is 0 Å². The zero-order valence-electron chi connectivity index (χ0n) is 10.0. The van der Waals surface area contributed by atoms with Crippen LogP contribution >= 0.6 is 0 Å². The standard InChI is InChI=1S/C12H19NO3S/c1-3-5-6-11(4-2)17(16)13-8-7-12(15,9-13)10-14/h3-6,14-15H,1,7-10H2,2H3/b6-5-,11-4+. The van der Waals surface area contributed by atoms with E-state index in [1.165, 1.54) is 0 Å². The van der Waals surface area contributed by atoms with Crippen molar-refractivity contribution in [1.29, 1.82) is 0 Å². The number of rotatable bonds is 5. The molecule has 0 spiro atoms.